The highest BCUT2D eigenvalue weighted by molar-refractivity contribution is 9.10. The van der Waals surface area contributed by atoms with Crippen LogP contribution in [0.3, 0.4) is 0 Å². The maximum Gasteiger partial charge on any atom is 0.417 e. The standard InChI is InChI=1S/C13H8BrClF3N3O3S/c1-25(23,24)12-19-5-9(15)10(21-12)11(22)20-6-2-3-8(14)7(4-6)13(16,17)18/h2-5H,1H3,(H,20,22). The zero-order valence-corrected chi connectivity index (χ0v) is 15.4. The molecule has 0 spiro atoms. The fraction of sp³-hybridized carbons (Fsp3) is 0.154. The summed E-state index contributed by atoms with van der Waals surface area (Å²) in [5, 5.41) is 1.31. The summed E-state index contributed by atoms with van der Waals surface area (Å²) < 4.78 is 61.3. The molecule has 0 aliphatic heterocycles. The van der Waals surface area contributed by atoms with Crippen molar-refractivity contribution in [3.8, 4) is 0 Å². The van der Waals surface area contributed by atoms with Crippen molar-refractivity contribution in [2.24, 2.45) is 0 Å². The molecule has 1 N–H and O–H groups in total. The molecule has 0 fully saturated rings. The van der Waals surface area contributed by atoms with Gasteiger partial charge in [-0.25, -0.2) is 18.4 Å². The number of nitrogens with one attached hydrogen (secondary N) is 1. The lowest BCUT2D eigenvalue weighted by Crippen LogP contribution is -2.17. The topological polar surface area (TPSA) is 89.0 Å². The fourth-order valence-electron chi connectivity index (χ4n) is 1.70. The van der Waals surface area contributed by atoms with Gasteiger partial charge in [0.1, 0.15) is 0 Å². The lowest BCUT2D eigenvalue weighted by Gasteiger charge is -2.12. The minimum Gasteiger partial charge on any atom is -0.321 e. The van der Waals surface area contributed by atoms with Crippen molar-refractivity contribution in [1.82, 2.24) is 9.97 Å². The van der Waals surface area contributed by atoms with E-state index in [4.69, 9.17) is 11.6 Å². The van der Waals surface area contributed by atoms with E-state index < -0.39 is 38.3 Å². The van der Waals surface area contributed by atoms with Crippen molar-refractivity contribution < 1.29 is 26.4 Å². The maximum absolute atomic E-state index is 12.9. The highest BCUT2D eigenvalue weighted by Gasteiger charge is 2.33. The van der Waals surface area contributed by atoms with Crippen LogP contribution in [0.4, 0.5) is 18.9 Å². The summed E-state index contributed by atoms with van der Waals surface area (Å²) in [7, 11) is -3.80. The number of rotatable bonds is 3. The first-order chi connectivity index (χ1) is 11.4. The smallest absolute Gasteiger partial charge is 0.321 e. The Balaban J connectivity index is 2.38. The predicted molar refractivity (Wildman–Crippen MR) is 87.2 cm³/mol. The number of nitrogens with zero attached hydrogens (tertiary/aromatic N) is 2. The zero-order chi connectivity index (χ0) is 19.0. The second-order valence-corrected chi connectivity index (χ2v) is 7.94. The number of hydrogen-bond acceptors (Lipinski definition) is 5. The molecule has 12 heteroatoms. The molecule has 1 aromatic heterocycles. The highest BCUT2D eigenvalue weighted by Crippen LogP contribution is 2.36. The van der Waals surface area contributed by atoms with Crippen LogP contribution in [-0.2, 0) is 16.0 Å². The van der Waals surface area contributed by atoms with E-state index in [2.05, 4.69) is 31.2 Å². The number of anilines is 1. The molecule has 2 aromatic rings. The Bertz CT molecular complexity index is 951. The monoisotopic (exact) mass is 457 g/mol. The number of aromatic nitrogens is 2. The molecule has 2 rings (SSSR count). The van der Waals surface area contributed by atoms with E-state index in [9.17, 15) is 26.4 Å². The quantitative estimate of drug-likeness (QED) is 0.711. The number of halogens is 5. The van der Waals surface area contributed by atoms with Gasteiger partial charge in [-0.1, -0.05) is 27.5 Å². The average molecular weight is 459 g/mol. The minimum atomic E-state index is -4.63. The van der Waals surface area contributed by atoms with Gasteiger partial charge in [-0.3, -0.25) is 4.79 Å². The van der Waals surface area contributed by atoms with Gasteiger partial charge in [0.05, 0.1) is 16.8 Å². The Morgan fingerprint density at radius 3 is 2.52 bits per heavy atom. The summed E-state index contributed by atoms with van der Waals surface area (Å²) in [6, 6.07) is 3.06. The van der Waals surface area contributed by atoms with Gasteiger partial charge in [0.15, 0.2) is 5.69 Å². The van der Waals surface area contributed by atoms with Crippen LogP contribution >= 0.6 is 27.5 Å². The van der Waals surface area contributed by atoms with E-state index in [1.807, 2.05) is 0 Å². The van der Waals surface area contributed by atoms with E-state index in [0.29, 0.717) is 6.07 Å². The maximum atomic E-state index is 12.9. The van der Waals surface area contributed by atoms with Gasteiger partial charge >= 0.3 is 6.18 Å². The van der Waals surface area contributed by atoms with E-state index >= 15 is 0 Å². The molecule has 0 radical (unpaired) electrons. The fourth-order valence-corrected chi connectivity index (χ4v) is 2.85. The number of alkyl halides is 3. The number of amides is 1. The molecule has 0 aliphatic carbocycles. The van der Waals surface area contributed by atoms with Crippen molar-refractivity contribution in [3.63, 3.8) is 0 Å². The third-order valence-electron chi connectivity index (χ3n) is 2.80. The summed E-state index contributed by atoms with van der Waals surface area (Å²) in [6.45, 7) is 0. The number of benzene rings is 1. The molecule has 134 valence electrons. The van der Waals surface area contributed by atoms with Crippen LogP contribution in [0, 0.1) is 0 Å². The average Bonchev–Trinajstić information content (AvgIpc) is 2.47. The molecular formula is C13H8BrClF3N3O3S. The molecule has 1 heterocycles. The number of sulfone groups is 1. The largest absolute Gasteiger partial charge is 0.417 e. The predicted octanol–water partition coefficient (Wildman–Crippen LogP) is 3.57. The van der Waals surface area contributed by atoms with Crippen molar-refractivity contribution in [1.29, 1.82) is 0 Å². The van der Waals surface area contributed by atoms with Gasteiger partial charge in [0, 0.05) is 16.4 Å². The van der Waals surface area contributed by atoms with Crippen LogP contribution in [0.5, 0.6) is 0 Å². The molecule has 0 atom stereocenters. The van der Waals surface area contributed by atoms with Crippen LogP contribution in [-0.4, -0.2) is 30.5 Å². The summed E-state index contributed by atoms with van der Waals surface area (Å²) in [5.74, 6) is -0.979. The first kappa shape index (κ1) is 19.6. The van der Waals surface area contributed by atoms with Crippen molar-refractivity contribution >= 4 is 49.0 Å². The molecule has 25 heavy (non-hydrogen) atoms. The molecule has 0 saturated heterocycles. The van der Waals surface area contributed by atoms with Gasteiger partial charge in [-0.15, -0.1) is 0 Å². The molecule has 0 aliphatic rings. The van der Waals surface area contributed by atoms with Crippen molar-refractivity contribution in [3.05, 3.63) is 45.1 Å². The van der Waals surface area contributed by atoms with Gasteiger partial charge in [0.25, 0.3) is 5.91 Å². The highest BCUT2D eigenvalue weighted by atomic mass is 79.9. The molecule has 6 nitrogen and oxygen atoms in total. The number of carbonyl (C=O) groups is 1. The van der Waals surface area contributed by atoms with Crippen LogP contribution in [0.25, 0.3) is 0 Å². The van der Waals surface area contributed by atoms with Gasteiger partial charge < -0.3 is 5.32 Å². The minimum absolute atomic E-state index is 0.170. The van der Waals surface area contributed by atoms with Crippen molar-refractivity contribution in [2.45, 2.75) is 11.3 Å². The van der Waals surface area contributed by atoms with Crippen molar-refractivity contribution in [2.75, 3.05) is 11.6 Å². The lowest BCUT2D eigenvalue weighted by atomic mass is 10.2. The number of hydrogen-bond donors (Lipinski definition) is 1. The van der Waals surface area contributed by atoms with Crippen LogP contribution in [0.1, 0.15) is 16.1 Å². The van der Waals surface area contributed by atoms with E-state index in [1.165, 1.54) is 6.07 Å². The molecule has 1 amide bonds. The second-order valence-electron chi connectivity index (χ2n) is 4.77. The van der Waals surface area contributed by atoms with Crippen LogP contribution < -0.4 is 5.32 Å². The zero-order valence-electron chi connectivity index (χ0n) is 12.2. The molecular weight excluding hydrogens is 451 g/mol. The first-order valence-corrected chi connectivity index (χ1v) is 9.36. The Morgan fingerprint density at radius 2 is 1.96 bits per heavy atom. The Labute approximate surface area is 153 Å². The Morgan fingerprint density at radius 1 is 1.32 bits per heavy atom. The van der Waals surface area contributed by atoms with Gasteiger partial charge in [0.2, 0.25) is 15.0 Å². The van der Waals surface area contributed by atoms with Gasteiger partial charge in [-0.05, 0) is 18.2 Å². The summed E-state index contributed by atoms with van der Waals surface area (Å²) in [6.07, 6.45) is -2.87. The van der Waals surface area contributed by atoms with E-state index in [0.717, 1.165) is 18.5 Å². The van der Waals surface area contributed by atoms with Crippen LogP contribution in [0.15, 0.2) is 34.0 Å². The lowest BCUT2D eigenvalue weighted by molar-refractivity contribution is -0.138. The first-order valence-electron chi connectivity index (χ1n) is 6.30. The van der Waals surface area contributed by atoms with E-state index in [-0.39, 0.29) is 15.2 Å². The summed E-state index contributed by atoms with van der Waals surface area (Å²) >= 11 is 8.55. The summed E-state index contributed by atoms with van der Waals surface area (Å²) in [5.41, 5.74) is -1.64. The van der Waals surface area contributed by atoms with Crippen LogP contribution in [0.2, 0.25) is 5.02 Å². The van der Waals surface area contributed by atoms with Gasteiger partial charge in [-0.2, -0.15) is 13.2 Å². The normalized spacial score (nSPS) is 12.1. The molecule has 0 saturated carbocycles. The molecule has 0 bridgehead atoms. The summed E-state index contributed by atoms with van der Waals surface area (Å²) in [4.78, 5) is 19.2. The Kier molecular flexibility index (Phi) is 5.40. The Hall–Kier alpha value is -1.72. The second kappa shape index (κ2) is 6.89. The third kappa shape index (κ3) is 4.67. The molecule has 0 unspecified atom stereocenters. The van der Waals surface area contributed by atoms with E-state index in [1.54, 1.807) is 0 Å². The molecule has 1 aromatic carbocycles. The third-order valence-corrected chi connectivity index (χ3v) is 4.63. The number of carbonyl (C=O) groups excluding carboxylic acids is 1. The SMILES string of the molecule is CS(=O)(=O)c1ncc(Cl)c(C(=O)Nc2ccc(Br)c(C(F)(F)F)c2)n1.